The number of aliphatic hydroxyl groups excluding tert-OH is 1. The van der Waals surface area contributed by atoms with Crippen molar-refractivity contribution >= 4 is 34.2 Å². The van der Waals surface area contributed by atoms with Gasteiger partial charge in [-0.2, -0.15) is 0 Å². The summed E-state index contributed by atoms with van der Waals surface area (Å²) in [5.74, 6) is -0.283. The van der Waals surface area contributed by atoms with E-state index in [0.717, 1.165) is 15.8 Å². The number of nitrogens with one attached hydrogen (secondary N) is 3. The second-order valence-corrected chi connectivity index (χ2v) is 9.01. The second-order valence-electron chi connectivity index (χ2n) is 7.97. The monoisotopic (exact) mass is 491 g/mol. The number of fused-ring (bicyclic) bond motifs is 1. The van der Waals surface area contributed by atoms with Crippen molar-refractivity contribution < 1.29 is 19.1 Å². The Morgan fingerprint density at radius 2 is 1.71 bits per heavy atom. The maximum atomic E-state index is 12.4. The van der Waals surface area contributed by atoms with Crippen LogP contribution in [0.15, 0.2) is 75.3 Å². The Morgan fingerprint density at radius 3 is 2.46 bits per heavy atom. The fourth-order valence-corrected chi connectivity index (χ4v) is 4.26. The highest BCUT2D eigenvalue weighted by Gasteiger charge is 2.14. The molecular weight excluding hydrogens is 466 g/mol. The van der Waals surface area contributed by atoms with E-state index in [-0.39, 0.29) is 25.0 Å². The summed E-state index contributed by atoms with van der Waals surface area (Å²) in [4.78, 5) is 36.9. The molecule has 8 nitrogen and oxygen atoms in total. The highest BCUT2D eigenvalue weighted by molar-refractivity contribution is 7.09. The van der Waals surface area contributed by atoms with E-state index < -0.39 is 11.7 Å². The first-order valence-corrected chi connectivity index (χ1v) is 11.9. The summed E-state index contributed by atoms with van der Waals surface area (Å²) in [6.45, 7) is 2.85. The van der Waals surface area contributed by atoms with Gasteiger partial charge in [0.25, 0.3) is 5.91 Å². The Labute approximate surface area is 205 Å². The van der Waals surface area contributed by atoms with Crippen molar-refractivity contribution in [1.82, 2.24) is 16.0 Å². The number of carbonyl (C=O) groups excluding carboxylic acids is 2. The normalized spacial score (nSPS) is 11.7. The Morgan fingerprint density at radius 1 is 0.971 bits per heavy atom. The van der Waals surface area contributed by atoms with Gasteiger partial charge in [-0.05, 0) is 53.3 Å². The van der Waals surface area contributed by atoms with E-state index in [2.05, 4.69) is 16.0 Å². The molecule has 1 unspecified atom stereocenters. The Hall–Kier alpha value is -3.95. The first-order valence-electron chi connectivity index (χ1n) is 11.1. The number of amides is 3. The van der Waals surface area contributed by atoms with Gasteiger partial charge in [-0.15, -0.1) is 11.3 Å². The molecule has 0 saturated carbocycles. The molecule has 0 fully saturated rings. The van der Waals surface area contributed by atoms with Crippen LogP contribution in [0, 0.1) is 6.92 Å². The van der Waals surface area contributed by atoms with Crippen LogP contribution in [0.3, 0.4) is 0 Å². The Balaban J connectivity index is 1.28. The number of aryl methyl sites for hydroxylation is 1. The number of benzene rings is 2. The van der Waals surface area contributed by atoms with Gasteiger partial charge in [0.2, 0.25) is 0 Å². The molecule has 180 valence electrons. The highest BCUT2D eigenvalue weighted by atomic mass is 32.1. The van der Waals surface area contributed by atoms with Crippen LogP contribution < -0.4 is 21.6 Å². The van der Waals surface area contributed by atoms with Gasteiger partial charge in [-0.3, -0.25) is 4.79 Å². The number of urea groups is 1. The molecule has 0 saturated heterocycles. The molecule has 0 aliphatic rings. The van der Waals surface area contributed by atoms with Gasteiger partial charge in [0.05, 0.1) is 6.54 Å². The third-order valence-electron chi connectivity index (χ3n) is 5.48. The highest BCUT2D eigenvalue weighted by Crippen LogP contribution is 2.26. The van der Waals surface area contributed by atoms with Gasteiger partial charge >= 0.3 is 11.7 Å². The molecule has 0 aliphatic carbocycles. The van der Waals surface area contributed by atoms with E-state index in [0.29, 0.717) is 28.8 Å². The summed E-state index contributed by atoms with van der Waals surface area (Å²) in [7, 11) is 0. The SMILES string of the molecule is Cc1cc(=O)oc2cc(C(O)c3ccc(C(=O)NCCNC(=O)NCc4cccs4)cc3)ccc12. The minimum absolute atomic E-state index is 0.275. The van der Waals surface area contributed by atoms with E-state index >= 15 is 0 Å². The molecule has 0 bridgehead atoms. The summed E-state index contributed by atoms with van der Waals surface area (Å²) in [5.41, 5.74) is 2.39. The Bertz CT molecular complexity index is 1380. The van der Waals surface area contributed by atoms with Crippen molar-refractivity contribution in [2.75, 3.05) is 13.1 Å². The van der Waals surface area contributed by atoms with Crippen LogP contribution in [0.25, 0.3) is 11.0 Å². The molecule has 9 heteroatoms. The first-order chi connectivity index (χ1) is 16.9. The molecule has 3 amide bonds. The lowest BCUT2D eigenvalue weighted by Crippen LogP contribution is -2.39. The molecule has 2 aromatic carbocycles. The zero-order valence-electron chi connectivity index (χ0n) is 19.0. The van der Waals surface area contributed by atoms with E-state index in [1.165, 1.54) is 6.07 Å². The molecule has 35 heavy (non-hydrogen) atoms. The lowest BCUT2D eigenvalue weighted by Gasteiger charge is -2.13. The first kappa shape index (κ1) is 24.2. The largest absolute Gasteiger partial charge is 0.423 e. The molecule has 0 aliphatic heterocycles. The summed E-state index contributed by atoms with van der Waals surface area (Å²) >= 11 is 1.57. The summed E-state index contributed by atoms with van der Waals surface area (Å²) < 4.78 is 5.26. The smallest absolute Gasteiger partial charge is 0.336 e. The molecule has 0 radical (unpaired) electrons. The van der Waals surface area contributed by atoms with Crippen LogP contribution in [0.2, 0.25) is 0 Å². The topological polar surface area (TPSA) is 121 Å². The minimum Gasteiger partial charge on any atom is -0.423 e. The Kier molecular flexibility index (Phi) is 7.59. The van der Waals surface area contributed by atoms with Gasteiger partial charge < -0.3 is 25.5 Å². The number of thiophene rings is 1. The maximum absolute atomic E-state index is 12.4. The lowest BCUT2D eigenvalue weighted by atomic mass is 9.98. The van der Waals surface area contributed by atoms with Gasteiger partial charge in [-0.25, -0.2) is 9.59 Å². The number of hydrogen-bond acceptors (Lipinski definition) is 6. The van der Waals surface area contributed by atoms with Crippen molar-refractivity contribution in [2.24, 2.45) is 0 Å². The standard InChI is InChI=1S/C26H25N3O5S/c1-16-13-23(30)34-22-14-19(8-9-21(16)22)24(31)17-4-6-18(7-5-17)25(32)27-10-11-28-26(33)29-15-20-3-2-12-35-20/h2-9,12-14,24,31H,10-11,15H2,1H3,(H,27,32)(H2,28,29,33). The minimum atomic E-state index is -0.945. The molecule has 4 aromatic rings. The van der Waals surface area contributed by atoms with Crippen LogP contribution in [-0.2, 0) is 6.54 Å². The molecule has 2 aromatic heterocycles. The van der Waals surface area contributed by atoms with E-state index in [1.807, 2.05) is 30.5 Å². The molecule has 0 spiro atoms. The fourth-order valence-electron chi connectivity index (χ4n) is 3.62. The van der Waals surface area contributed by atoms with Gasteiger partial charge in [0.15, 0.2) is 0 Å². The third-order valence-corrected chi connectivity index (χ3v) is 6.36. The summed E-state index contributed by atoms with van der Waals surface area (Å²) in [6, 6.07) is 16.8. The zero-order valence-corrected chi connectivity index (χ0v) is 19.9. The van der Waals surface area contributed by atoms with Gasteiger partial charge in [0.1, 0.15) is 11.7 Å². The van der Waals surface area contributed by atoms with Crippen molar-refractivity contribution in [3.63, 3.8) is 0 Å². The molecule has 2 heterocycles. The predicted octanol–water partition coefficient (Wildman–Crippen LogP) is 3.47. The van der Waals surface area contributed by atoms with Crippen LogP contribution in [-0.4, -0.2) is 30.1 Å². The maximum Gasteiger partial charge on any atom is 0.336 e. The third kappa shape index (κ3) is 6.14. The molecular formula is C26H25N3O5S. The zero-order chi connectivity index (χ0) is 24.8. The second kappa shape index (κ2) is 11.0. The molecule has 4 N–H and O–H groups in total. The van der Waals surface area contributed by atoms with Crippen molar-refractivity contribution in [2.45, 2.75) is 19.6 Å². The predicted molar refractivity (Wildman–Crippen MR) is 135 cm³/mol. The van der Waals surface area contributed by atoms with Crippen LogP contribution >= 0.6 is 11.3 Å². The quantitative estimate of drug-likeness (QED) is 0.222. The number of aliphatic hydroxyl groups is 1. The van der Waals surface area contributed by atoms with E-state index in [4.69, 9.17) is 4.42 Å². The average molecular weight is 492 g/mol. The molecule has 1 atom stereocenters. The van der Waals surface area contributed by atoms with Gasteiger partial charge in [0, 0.05) is 35.0 Å². The number of hydrogen-bond donors (Lipinski definition) is 4. The average Bonchev–Trinajstić information content (AvgIpc) is 3.38. The van der Waals surface area contributed by atoms with Crippen molar-refractivity contribution in [1.29, 1.82) is 0 Å². The molecule has 4 rings (SSSR count). The van der Waals surface area contributed by atoms with Crippen LogP contribution in [0.1, 0.15) is 38.0 Å². The number of rotatable bonds is 8. The fraction of sp³-hybridized carbons (Fsp3) is 0.192. The van der Waals surface area contributed by atoms with Crippen molar-refractivity contribution in [3.05, 3.63) is 104 Å². The number of carbonyl (C=O) groups is 2. The summed E-state index contributed by atoms with van der Waals surface area (Å²) in [6.07, 6.45) is -0.945. The van der Waals surface area contributed by atoms with E-state index in [1.54, 1.807) is 47.7 Å². The van der Waals surface area contributed by atoms with Gasteiger partial charge in [-0.1, -0.05) is 30.3 Å². The lowest BCUT2D eigenvalue weighted by molar-refractivity contribution is 0.0953. The summed E-state index contributed by atoms with van der Waals surface area (Å²) in [5, 5.41) is 21.7. The van der Waals surface area contributed by atoms with Crippen molar-refractivity contribution in [3.8, 4) is 0 Å². The van der Waals surface area contributed by atoms with E-state index in [9.17, 15) is 19.5 Å². The van der Waals surface area contributed by atoms with Crippen LogP contribution in [0.5, 0.6) is 0 Å². The van der Waals surface area contributed by atoms with Crippen LogP contribution in [0.4, 0.5) is 4.79 Å².